The van der Waals surface area contributed by atoms with Gasteiger partial charge in [-0.3, -0.25) is 0 Å². The van der Waals surface area contributed by atoms with Crippen LogP contribution in [0.4, 0.5) is 0 Å². The van der Waals surface area contributed by atoms with Crippen LogP contribution < -0.4 is 5.30 Å². The van der Waals surface area contributed by atoms with Gasteiger partial charge in [0.2, 0.25) is 0 Å². The smallest absolute Gasteiger partial charge is 0.0609 e. The average Bonchev–Trinajstić information content (AvgIpc) is 2.44. The zero-order valence-corrected chi connectivity index (χ0v) is 18.2. The highest BCUT2D eigenvalue weighted by molar-refractivity contribution is 7.61. The molecule has 1 aromatic rings. The minimum absolute atomic E-state index is 0.139. The van der Waals surface area contributed by atoms with Gasteiger partial charge in [0.25, 0.3) is 0 Å². The molecular weight excluding hydrogens is 311 g/mol. The highest BCUT2D eigenvalue weighted by Gasteiger charge is 2.33. The molecule has 0 aliphatic carbocycles. The van der Waals surface area contributed by atoms with Crippen LogP contribution in [-0.2, 0) is 20.8 Å². The lowest BCUT2D eigenvalue weighted by Gasteiger charge is -2.37. The van der Waals surface area contributed by atoms with E-state index < -0.39 is 8.15 Å². The SMILES string of the molecule is CC(C)(C)c1cc(C(C)(C)C)c(P2CCCCO2)c(C(C)(C)C)c1. The third-order valence-corrected chi connectivity index (χ3v) is 7.04. The molecule has 24 heavy (non-hydrogen) atoms. The van der Waals surface area contributed by atoms with Crippen LogP contribution in [0.3, 0.4) is 0 Å². The van der Waals surface area contributed by atoms with E-state index in [1.54, 1.807) is 0 Å². The predicted molar refractivity (Wildman–Crippen MR) is 109 cm³/mol. The van der Waals surface area contributed by atoms with E-state index in [-0.39, 0.29) is 16.2 Å². The highest BCUT2D eigenvalue weighted by atomic mass is 31.1. The first-order valence-corrected chi connectivity index (χ1v) is 10.9. The molecule has 1 unspecified atom stereocenters. The Morgan fingerprint density at radius 3 is 1.58 bits per heavy atom. The minimum atomic E-state index is -0.485. The molecule has 0 bridgehead atoms. The van der Waals surface area contributed by atoms with Gasteiger partial charge >= 0.3 is 0 Å². The Bertz CT molecular complexity index is 540. The lowest BCUT2D eigenvalue weighted by Crippen LogP contribution is -2.33. The normalized spacial score (nSPS) is 20.3. The zero-order valence-electron chi connectivity index (χ0n) is 17.3. The molecule has 1 aromatic carbocycles. The molecule has 2 rings (SSSR count). The van der Waals surface area contributed by atoms with Crippen molar-refractivity contribution in [3.05, 3.63) is 28.8 Å². The topological polar surface area (TPSA) is 9.23 Å². The van der Waals surface area contributed by atoms with E-state index >= 15 is 0 Å². The maximum Gasteiger partial charge on any atom is 0.0609 e. The van der Waals surface area contributed by atoms with E-state index in [9.17, 15) is 0 Å². The molecule has 1 heterocycles. The van der Waals surface area contributed by atoms with Gasteiger partial charge in [0.05, 0.1) is 14.8 Å². The van der Waals surface area contributed by atoms with E-state index in [2.05, 4.69) is 74.4 Å². The quantitative estimate of drug-likeness (QED) is 0.533. The Morgan fingerprint density at radius 1 is 0.750 bits per heavy atom. The lowest BCUT2D eigenvalue weighted by molar-refractivity contribution is 0.327. The van der Waals surface area contributed by atoms with Crippen molar-refractivity contribution >= 4 is 13.5 Å². The molecule has 0 N–H and O–H groups in total. The zero-order chi connectivity index (χ0) is 18.3. The fourth-order valence-electron chi connectivity index (χ4n) is 3.25. The van der Waals surface area contributed by atoms with Crippen LogP contribution in [0, 0.1) is 0 Å². The molecule has 2 heteroatoms. The Labute approximate surface area is 151 Å². The van der Waals surface area contributed by atoms with Crippen LogP contribution in [0.2, 0.25) is 0 Å². The Morgan fingerprint density at radius 2 is 1.25 bits per heavy atom. The summed E-state index contributed by atoms with van der Waals surface area (Å²) in [5, 5.41) is 1.54. The van der Waals surface area contributed by atoms with Crippen molar-refractivity contribution in [3.63, 3.8) is 0 Å². The number of rotatable bonds is 1. The molecule has 1 aliphatic rings. The summed E-state index contributed by atoms with van der Waals surface area (Å²) >= 11 is 0. The van der Waals surface area contributed by atoms with Gasteiger partial charge in [0.15, 0.2) is 0 Å². The van der Waals surface area contributed by atoms with Crippen molar-refractivity contribution in [3.8, 4) is 0 Å². The van der Waals surface area contributed by atoms with Crippen LogP contribution in [0.1, 0.15) is 91.8 Å². The van der Waals surface area contributed by atoms with Crippen LogP contribution in [0.15, 0.2) is 12.1 Å². The predicted octanol–water partition coefficient (Wildman–Crippen LogP) is 6.41. The average molecular weight is 349 g/mol. The van der Waals surface area contributed by atoms with Gasteiger partial charge in [-0.1, -0.05) is 74.4 Å². The second-order valence-corrected chi connectivity index (χ2v) is 12.2. The van der Waals surface area contributed by atoms with Crippen molar-refractivity contribution in [2.75, 3.05) is 12.8 Å². The molecule has 0 amide bonds. The lowest BCUT2D eigenvalue weighted by atomic mass is 9.75. The molecule has 0 spiro atoms. The standard InChI is InChI=1S/C22H37OP/c1-20(2,3)16-14-17(21(4,5)6)19(18(15-16)22(7,8)9)24-13-11-10-12-23-24/h14-15H,10-13H2,1-9H3. The monoisotopic (exact) mass is 348 g/mol. The summed E-state index contributed by atoms with van der Waals surface area (Å²) in [4.78, 5) is 0. The van der Waals surface area contributed by atoms with Gasteiger partial charge in [-0.25, -0.2) is 0 Å². The second-order valence-electron chi connectivity index (χ2n) is 10.3. The first kappa shape index (κ1) is 19.9. The third kappa shape index (κ3) is 4.41. The van der Waals surface area contributed by atoms with Crippen molar-refractivity contribution < 1.29 is 4.52 Å². The number of hydrogen-bond acceptors (Lipinski definition) is 1. The molecule has 136 valence electrons. The molecule has 0 saturated carbocycles. The summed E-state index contributed by atoms with van der Waals surface area (Å²) in [6, 6.07) is 4.95. The van der Waals surface area contributed by atoms with Crippen molar-refractivity contribution in [1.82, 2.24) is 0 Å². The molecule has 1 nitrogen and oxygen atoms in total. The van der Waals surface area contributed by atoms with Crippen LogP contribution in [0.25, 0.3) is 0 Å². The maximum absolute atomic E-state index is 6.33. The van der Waals surface area contributed by atoms with Crippen molar-refractivity contribution in [2.45, 2.75) is 91.4 Å². The Hall–Kier alpha value is -0.390. The number of hydrogen-bond donors (Lipinski definition) is 0. The third-order valence-electron chi connectivity index (χ3n) is 4.84. The summed E-state index contributed by atoms with van der Waals surface area (Å²) in [7, 11) is -0.485. The Kier molecular flexibility index (Phi) is 5.59. The molecule has 1 fully saturated rings. The first-order chi connectivity index (χ1) is 10.8. The van der Waals surface area contributed by atoms with E-state index in [0.717, 1.165) is 6.61 Å². The van der Waals surface area contributed by atoms with Gasteiger partial charge in [-0.05, 0) is 51.9 Å². The molecule has 1 atom stereocenters. The van der Waals surface area contributed by atoms with Crippen LogP contribution in [-0.4, -0.2) is 12.8 Å². The Balaban J connectivity index is 2.77. The molecule has 1 saturated heterocycles. The van der Waals surface area contributed by atoms with Crippen molar-refractivity contribution in [1.29, 1.82) is 0 Å². The van der Waals surface area contributed by atoms with E-state index in [4.69, 9.17) is 4.52 Å². The molecular formula is C22H37OP. The van der Waals surface area contributed by atoms with Gasteiger partial charge in [-0.15, -0.1) is 0 Å². The second kappa shape index (κ2) is 6.73. The largest absolute Gasteiger partial charge is 0.354 e. The van der Waals surface area contributed by atoms with Crippen molar-refractivity contribution in [2.24, 2.45) is 0 Å². The highest BCUT2D eigenvalue weighted by Crippen LogP contribution is 2.47. The molecule has 1 aliphatic heterocycles. The fraction of sp³-hybridized carbons (Fsp3) is 0.727. The molecule has 0 radical (unpaired) electrons. The fourth-order valence-corrected chi connectivity index (χ4v) is 5.93. The first-order valence-electron chi connectivity index (χ1n) is 9.42. The van der Waals surface area contributed by atoms with E-state index in [0.29, 0.717) is 0 Å². The minimum Gasteiger partial charge on any atom is -0.354 e. The van der Waals surface area contributed by atoms with E-state index in [1.165, 1.54) is 41.0 Å². The van der Waals surface area contributed by atoms with Crippen LogP contribution >= 0.6 is 8.15 Å². The summed E-state index contributed by atoms with van der Waals surface area (Å²) in [6.07, 6.45) is 3.74. The summed E-state index contributed by atoms with van der Waals surface area (Å²) < 4.78 is 6.33. The van der Waals surface area contributed by atoms with Crippen LogP contribution in [0.5, 0.6) is 0 Å². The number of benzene rings is 1. The summed E-state index contributed by atoms with van der Waals surface area (Å²) in [5.41, 5.74) is 4.91. The maximum atomic E-state index is 6.33. The summed E-state index contributed by atoms with van der Waals surface area (Å²) in [5.74, 6) is 0. The van der Waals surface area contributed by atoms with Gasteiger partial charge in [0, 0.05) is 5.30 Å². The van der Waals surface area contributed by atoms with E-state index in [1.807, 2.05) is 0 Å². The van der Waals surface area contributed by atoms with Gasteiger partial charge < -0.3 is 4.52 Å². The summed E-state index contributed by atoms with van der Waals surface area (Å²) in [6.45, 7) is 22.0. The van der Waals surface area contributed by atoms with Gasteiger partial charge in [-0.2, -0.15) is 0 Å². The molecule has 0 aromatic heterocycles. The van der Waals surface area contributed by atoms with Gasteiger partial charge in [0.1, 0.15) is 0 Å².